The van der Waals surface area contributed by atoms with E-state index in [1.807, 2.05) is 84.9 Å². The van der Waals surface area contributed by atoms with E-state index in [1.165, 1.54) is 5.39 Å². The van der Waals surface area contributed by atoms with E-state index in [9.17, 15) is 5.11 Å². The van der Waals surface area contributed by atoms with Gasteiger partial charge in [-0.15, -0.1) is 0 Å². The molecule has 8 aromatic carbocycles. The van der Waals surface area contributed by atoms with Crippen molar-refractivity contribution in [2.24, 2.45) is 0 Å². The lowest BCUT2D eigenvalue weighted by Gasteiger charge is -2.15. The zero-order chi connectivity index (χ0) is 34.6. The molecule has 2 aromatic heterocycles. The highest BCUT2D eigenvalue weighted by Crippen LogP contribution is 2.41. The number of fused-ring (bicyclic) bond motifs is 6. The summed E-state index contributed by atoms with van der Waals surface area (Å²) < 4.78 is 6.09. The van der Waals surface area contributed by atoms with Gasteiger partial charge in [0.15, 0.2) is 17.5 Å². The van der Waals surface area contributed by atoms with Crippen molar-refractivity contribution >= 4 is 43.5 Å². The van der Waals surface area contributed by atoms with Crippen LogP contribution in [-0.4, -0.2) is 20.1 Å². The molecule has 0 atom stereocenters. The van der Waals surface area contributed by atoms with Crippen molar-refractivity contribution in [1.82, 2.24) is 15.0 Å². The van der Waals surface area contributed by atoms with Gasteiger partial charge in [-0.25, -0.2) is 15.0 Å². The number of aromatic hydroxyl groups is 1. The van der Waals surface area contributed by atoms with E-state index in [-0.39, 0.29) is 5.75 Å². The number of phenols is 1. The molecule has 0 bridgehead atoms. The predicted molar refractivity (Wildman–Crippen MR) is 211 cm³/mol. The van der Waals surface area contributed by atoms with Crippen LogP contribution in [0.1, 0.15) is 0 Å². The number of benzene rings is 8. The second-order valence-electron chi connectivity index (χ2n) is 13.0. The molecule has 244 valence electrons. The van der Waals surface area contributed by atoms with Gasteiger partial charge in [-0.05, 0) is 74.6 Å². The third-order valence-corrected chi connectivity index (χ3v) is 9.82. The van der Waals surface area contributed by atoms with Gasteiger partial charge >= 0.3 is 0 Å². The first-order valence-corrected chi connectivity index (χ1v) is 17.2. The van der Waals surface area contributed by atoms with Crippen LogP contribution >= 0.6 is 0 Å². The van der Waals surface area contributed by atoms with Crippen molar-refractivity contribution in [3.63, 3.8) is 0 Å². The summed E-state index contributed by atoms with van der Waals surface area (Å²) in [5, 5.41) is 18.2. The van der Waals surface area contributed by atoms with Crippen LogP contribution in [0, 0.1) is 0 Å². The van der Waals surface area contributed by atoms with Crippen molar-refractivity contribution < 1.29 is 9.52 Å². The molecule has 1 N–H and O–H groups in total. The molecule has 0 saturated heterocycles. The van der Waals surface area contributed by atoms with E-state index in [1.54, 1.807) is 6.07 Å². The number of hydrogen-bond donors (Lipinski definition) is 1. The van der Waals surface area contributed by atoms with Gasteiger partial charge in [0.2, 0.25) is 0 Å². The SMILES string of the molecule is Oc1cccc(-c2nc(-c3ccccc3)nc(-c3cc4ccccc4c4ccccc34)n2)c1-c1cccc(-c2ccc3oc4ccccc4c3c2)c1. The molecule has 0 fully saturated rings. The Hall–Kier alpha value is -7.11. The molecule has 0 aliphatic heterocycles. The first-order chi connectivity index (χ1) is 25.7. The summed E-state index contributed by atoms with van der Waals surface area (Å²) in [5.41, 5.74) is 7.79. The van der Waals surface area contributed by atoms with Crippen LogP contribution in [0.15, 0.2) is 174 Å². The van der Waals surface area contributed by atoms with Crippen molar-refractivity contribution in [2.45, 2.75) is 0 Å². The van der Waals surface area contributed by atoms with Crippen LogP contribution < -0.4 is 0 Å². The number of phenolic OH excluding ortho intramolecular Hbond substituents is 1. The maximum Gasteiger partial charge on any atom is 0.164 e. The maximum atomic E-state index is 11.5. The number of nitrogens with zero attached hydrogens (tertiary/aromatic N) is 3. The Morgan fingerprint density at radius 3 is 1.85 bits per heavy atom. The molecule has 0 spiro atoms. The smallest absolute Gasteiger partial charge is 0.164 e. The van der Waals surface area contributed by atoms with Crippen LogP contribution in [-0.2, 0) is 0 Å². The Morgan fingerprint density at radius 1 is 0.365 bits per heavy atom. The van der Waals surface area contributed by atoms with Crippen molar-refractivity contribution in [1.29, 1.82) is 0 Å². The molecule has 5 nitrogen and oxygen atoms in total. The van der Waals surface area contributed by atoms with Gasteiger partial charge in [-0.1, -0.05) is 133 Å². The molecule has 5 heteroatoms. The molecule has 2 heterocycles. The summed E-state index contributed by atoms with van der Waals surface area (Å²) in [5.74, 6) is 1.74. The minimum atomic E-state index is 0.144. The van der Waals surface area contributed by atoms with E-state index < -0.39 is 0 Å². The summed E-state index contributed by atoms with van der Waals surface area (Å²) in [6, 6.07) is 57.1. The van der Waals surface area contributed by atoms with E-state index in [4.69, 9.17) is 19.4 Å². The van der Waals surface area contributed by atoms with E-state index >= 15 is 0 Å². The monoisotopic (exact) mass is 667 g/mol. The van der Waals surface area contributed by atoms with Gasteiger partial charge in [0.1, 0.15) is 16.9 Å². The van der Waals surface area contributed by atoms with Gasteiger partial charge in [-0.3, -0.25) is 0 Å². The fraction of sp³-hybridized carbons (Fsp3) is 0. The molecular weight excluding hydrogens is 639 g/mol. The average Bonchev–Trinajstić information content (AvgIpc) is 3.59. The maximum absolute atomic E-state index is 11.5. The highest BCUT2D eigenvalue weighted by atomic mass is 16.3. The standard InChI is InChI=1S/C47H29N3O2/c51-41-22-11-21-38(44(41)33-16-10-15-30(26-33)31-24-25-43-39(27-31)37-20-8-9-23-42(37)52-43)46-48-45(29-12-2-1-3-13-29)49-47(50-46)40-28-32-14-4-5-17-34(32)35-18-6-7-19-36(35)40/h1-28,51H. The Bertz CT molecular complexity index is 2990. The molecular formula is C47H29N3O2. The molecule has 0 radical (unpaired) electrons. The Labute approximate surface area is 299 Å². The third kappa shape index (κ3) is 4.98. The summed E-state index contributed by atoms with van der Waals surface area (Å²) in [4.78, 5) is 15.3. The number of rotatable bonds is 5. The number of hydrogen-bond acceptors (Lipinski definition) is 5. The van der Waals surface area contributed by atoms with E-state index in [0.717, 1.165) is 65.9 Å². The molecule has 10 aromatic rings. The number of para-hydroxylation sites is 1. The Kier molecular flexibility index (Phi) is 6.89. The molecule has 0 aliphatic rings. The van der Waals surface area contributed by atoms with Crippen molar-refractivity contribution in [2.75, 3.05) is 0 Å². The first kappa shape index (κ1) is 29.8. The molecule has 10 rings (SSSR count). The first-order valence-electron chi connectivity index (χ1n) is 17.2. The van der Waals surface area contributed by atoms with Crippen LogP contribution in [0.3, 0.4) is 0 Å². The second-order valence-corrected chi connectivity index (χ2v) is 13.0. The number of furan rings is 1. The fourth-order valence-corrected chi connectivity index (χ4v) is 7.36. The van der Waals surface area contributed by atoms with Crippen LogP contribution in [0.4, 0.5) is 0 Å². The predicted octanol–water partition coefficient (Wildman–Crippen LogP) is 12.1. The summed E-state index contributed by atoms with van der Waals surface area (Å²) in [7, 11) is 0. The highest BCUT2D eigenvalue weighted by Gasteiger charge is 2.20. The highest BCUT2D eigenvalue weighted by molar-refractivity contribution is 6.13. The van der Waals surface area contributed by atoms with Gasteiger partial charge in [-0.2, -0.15) is 0 Å². The lowest BCUT2D eigenvalue weighted by Crippen LogP contribution is -2.01. The molecule has 52 heavy (non-hydrogen) atoms. The summed E-state index contributed by atoms with van der Waals surface area (Å²) >= 11 is 0. The molecule has 0 amide bonds. The zero-order valence-electron chi connectivity index (χ0n) is 27.9. The minimum absolute atomic E-state index is 0.144. The van der Waals surface area contributed by atoms with E-state index in [0.29, 0.717) is 28.6 Å². The Morgan fingerprint density at radius 2 is 0.981 bits per heavy atom. The lowest BCUT2D eigenvalue weighted by molar-refractivity contribution is 0.477. The fourth-order valence-electron chi connectivity index (χ4n) is 7.36. The van der Waals surface area contributed by atoms with E-state index in [2.05, 4.69) is 78.9 Å². The van der Waals surface area contributed by atoms with Gasteiger partial charge < -0.3 is 9.52 Å². The average molecular weight is 668 g/mol. The van der Waals surface area contributed by atoms with Crippen LogP contribution in [0.25, 0.3) is 99.9 Å². The van der Waals surface area contributed by atoms with Gasteiger partial charge in [0.25, 0.3) is 0 Å². The largest absolute Gasteiger partial charge is 0.507 e. The van der Waals surface area contributed by atoms with Crippen molar-refractivity contribution in [3.8, 4) is 62.2 Å². The summed E-state index contributed by atoms with van der Waals surface area (Å²) in [6.45, 7) is 0. The topological polar surface area (TPSA) is 72.0 Å². The van der Waals surface area contributed by atoms with Crippen molar-refractivity contribution in [3.05, 3.63) is 170 Å². The normalized spacial score (nSPS) is 11.5. The van der Waals surface area contributed by atoms with Crippen LogP contribution in [0.2, 0.25) is 0 Å². The van der Waals surface area contributed by atoms with Gasteiger partial charge in [0, 0.05) is 33.0 Å². The van der Waals surface area contributed by atoms with Crippen LogP contribution in [0.5, 0.6) is 5.75 Å². The third-order valence-electron chi connectivity index (χ3n) is 9.82. The quantitative estimate of drug-likeness (QED) is 0.185. The minimum Gasteiger partial charge on any atom is -0.507 e. The Balaban J connectivity index is 1.17. The number of aromatic nitrogens is 3. The lowest BCUT2D eigenvalue weighted by atomic mass is 9.94. The zero-order valence-corrected chi connectivity index (χ0v) is 27.9. The molecule has 0 saturated carbocycles. The second kappa shape index (κ2) is 12.0. The summed E-state index contributed by atoms with van der Waals surface area (Å²) in [6.07, 6.45) is 0. The molecule has 0 unspecified atom stereocenters. The molecule has 0 aliphatic carbocycles. The van der Waals surface area contributed by atoms with Gasteiger partial charge in [0.05, 0.1) is 0 Å².